The second-order valence-electron chi connectivity index (χ2n) is 1.89. The zero-order valence-electron chi connectivity index (χ0n) is 5.70. The number of nitrogens with two attached hydrogens (primary N) is 1. The van der Waals surface area contributed by atoms with Crippen molar-refractivity contribution in [3.05, 3.63) is 16.1 Å². The van der Waals surface area contributed by atoms with Gasteiger partial charge in [0.1, 0.15) is 0 Å². The molecule has 1 rings (SSSR count). The predicted molar refractivity (Wildman–Crippen MR) is 43.2 cm³/mol. The summed E-state index contributed by atoms with van der Waals surface area (Å²) >= 11 is 1.22. The summed E-state index contributed by atoms with van der Waals surface area (Å²) < 4.78 is 0. The van der Waals surface area contributed by atoms with E-state index in [1.165, 1.54) is 11.3 Å². The minimum atomic E-state index is -0.502. The highest BCUT2D eigenvalue weighted by Gasteiger charge is 2.04. The van der Waals surface area contributed by atoms with Gasteiger partial charge in [0.05, 0.1) is 12.1 Å². The first-order valence-corrected chi connectivity index (χ1v) is 3.79. The third-order valence-electron chi connectivity index (χ3n) is 1.05. The fourth-order valence-corrected chi connectivity index (χ4v) is 1.28. The van der Waals surface area contributed by atoms with E-state index in [1.807, 2.05) is 0 Å². The molecule has 1 heterocycles. The Morgan fingerprint density at radius 2 is 2.64 bits per heavy atom. The Bertz CT molecular complexity index is 310. The normalized spacial score (nSPS) is 9.00. The molecule has 0 aliphatic carbocycles. The summed E-state index contributed by atoms with van der Waals surface area (Å²) in [5, 5.41) is 2.05. The van der Waals surface area contributed by atoms with Crippen LogP contribution in [0, 0.1) is 12.3 Å². The number of hydrogen-bond donors (Lipinski definition) is 1. The van der Waals surface area contributed by atoms with Crippen molar-refractivity contribution in [1.29, 1.82) is 0 Å². The van der Waals surface area contributed by atoms with Gasteiger partial charge in [0.25, 0.3) is 5.91 Å². The molecule has 0 fully saturated rings. The van der Waals surface area contributed by atoms with E-state index < -0.39 is 5.91 Å². The molecule has 3 nitrogen and oxygen atoms in total. The van der Waals surface area contributed by atoms with Gasteiger partial charge in [-0.15, -0.1) is 23.7 Å². The second kappa shape index (κ2) is 3.17. The van der Waals surface area contributed by atoms with E-state index in [0.29, 0.717) is 11.4 Å². The molecule has 0 aliphatic rings. The van der Waals surface area contributed by atoms with E-state index in [0.717, 1.165) is 5.69 Å². The molecule has 0 aromatic carbocycles. The summed E-state index contributed by atoms with van der Waals surface area (Å²) in [5.41, 5.74) is 5.71. The number of rotatable bonds is 2. The van der Waals surface area contributed by atoms with E-state index in [-0.39, 0.29) is 0 Å². The van der Waals surface area contributed by atoms with Crippen LogP contribution in [-0.4, -0.2) is 10.9 Å². The minimum absolute atomic E-state index is 0.315. The molecule has 0 spiro atoms. The van der Waals surface area contributed by atoms with Gasteiger partial charge in [0.15, 0.2) is 5.01 Å². The number of nitrogens with zero attached hydrogens (tertiary/aromatic N) is 1. The molecule has 0 radical (unpaired) electrons. The first kappa shape index (κ1) is 7.76. The maximum Gasteiger partial charge on any atom is 0.277 e. The third kappa shape index (κ3) is 1.79. The molecular formula is C7H6N2OS. The van der Waals surface area contributed by atoms with Crippen molar-refractivity contribution < 1.29 is 4.79 Å². The number of thiazole rings is 1. The van der Waals surface area contributed by atoms with Crippen molar-refractivity contribution in [3.63, 3.8) is 0 Å². The lowest BCUT2D eigenvalue weighted by molar-refractivity contribution is 0.1000. The summed E-state index contributed by atoms with van der Waals surface area (Å²) in [4.78, 5) is 14.4. The van der Waals surface area contributed by atoms with Crippen molar-refractivity contribution >= 4 is 17.2 Å². The first-order valence-electron chi connectivity index (χ1n) is 2.91. The maximum absolute atomic E-state index is 10.5. The number of terminal acetylenes is 1. The Hall–Kier alpha value is -1.34. The van der Waals surface area contributed by atoms with Crippen LogP contribution in [0.15, 0.2) is 5.38 Å². The SMILES string of the molecule is C#CCc1csc(C(N)=O)n1. The zero-order valence-corrected chi connectivity index (χ0v) is 6.52. The largest absolute Gasteiger partial charge is 0.364 e. The quantitative estimate of drug-likeness (QED) is 0.647. The zero-order chi connectivity index (χ0) is 8.27. The molecule has 0 bridgehead atoms. The van der Waals surface area contributed by atoms with E-state index in [9.17, 15) is 4.79 Å². The molecule has 1 aromatic heterocycles. The molecule has 11 heavy (non-hydrogen) atoms. The summed E-state index contributed by atoms with van der Waals surface area (Å²) in [6.45, 7) is 0. The lowest BCUT2D eigenvalue weighted by Crippen LogP contribution is -2.10. The standard InChI is InChI=1S/C7H6N2OS/c1-2-3-5-4-11-7(9-5)6(8)10/h1,4H,3H2,(H2,8,10). The molecule has 0 saturated heterocycles. The van der Waals surface area contributed by atoms with Crippen LogP contribution >= 0.6 is 11.3 Å². The number of amides is 1. The highest BCUT2D eigenvalue weighted by molar-refractivity contribution is 7.11. The van der Waals surface area contributed by atoms with Gasteiger partial charge in [-0.05, 0) is 0 Å². The average molecular weight is 166 g/mol. The van der Waals surface area contributed by atoms with Gasteiger partial charge < -0.3 is 5.73 Å². The highest BCUT2D eigenvalue weighted by atomic mass is 32.1. The molecule has 0 aliphatic heterocycles. The van der Waals surface area contributed by atoms with Crippen LogP contribution in [0.1, 0.15) is 15.5 Å². The van der Waals surface area contributed by atoms with E-state index in [4.69, 9.17) is 12.2 Å². The summed E-state index contributed by atoms with van der Waals surface area (Å²) in [6, 6.07) is 0. The molecule has 4 heteroatoms. The van der Waals surface area contributed by atoms with Crippen LogP contribution in [0.25, 0.3) is 0 Å². The van der Waals surface area contributed by atoms with Gasteiger partial charge in [-0.1, -0.05) is 0 Å². The average Bonchev–Trinajstić information content (AvgIpc) is 2.37. The van der Waals surface area contributed by atoms with E-state index in [2.05, 4.69) is 10.9 Å². The van der Waals surface area contributed by atoms with Crippen LogP contribution in [0.3, 0.4) is 0 Å². The van der Waals surface area contributed by atoms with Gasteiger partial charge in [-0.25, -0.2) is 4.98 Å². The Morgan fingerprint density at radius 3 is 3.09 bits per heavy atom. The predicted octanol–water partition coefficient (Wildman–Crippen LogP) is 0.418. The van der Waals surface area contributed by atoms with Crippen molar-refractivity contribution in [3.8, 4) is 12.3 Å². The fraction of sp³-hybridized carbons (Fsp3) is 0.143. The lowest BCUT2D eigenvalue weighted by Gasteiger charge is -1.83. The number of hydrogen-bond acceptors (Lipinski definition) is 3. The number of carbonyl (C=O) groups excluding carboxylic acids is 1. The molecule has 0 unspecified atom stereocenters. The van der Waals surface area contributed by atoms with Gasteiger partial charge in [0.2, 0.25) is 0 Å². The van der Waals surface area contributed by atoms with Crippen LogP contribution in [0.5, 0.6) is 0 Å². The fourth-order valence-electron chi connectivity index (χ4n) is 0.606. The second-order valence-corrected chi connectivity index (χ2v) is 2.75. The number of carbonyl (C=O) groups is 1. The van der Waals surface area contributed by atoms with Crippen molar-refractivity contribution in [2.75, 3.05) is 0 Å². The molecule has 2 N–H and O–H groups in total. The van der Waals surface area contributed by atoms with E-state index in [1.54, 1.807) is 5.38 Å². The lowest BCUT2D eigenvalue weighted by atomic mass is 10.4. The summed E-state index contributed by atoms with van der Waals surface area (Å²) in [7, 11) is 0. The summed E-state index contributed by atoms with van der Waals surface area (Å²) in [6.07, 6.45) is 5.49. The molecule has 1 aromatic rings. The molecule has 0 saturated carbocycles. The van der Waals surface area contributed by atoms with Gasteiger partial charge in [-0.3, -0.25) is 4.79 Å². The smallest absolute Gasteiger partial charge is 0.277 e. The van der Waals surface area contributed by atoms with Crippen molar-refractivity contribution in [1.82, 2.24) is 4.98 Å². The topological polar surface area (TPSA) is 56.0 Å². The first-order chi connectivity index (χ1) is 5.24. The van der Waals surface area contributed by atoms with Crippen LogP contribution in [0.2, 0.25) is 0 Å². The van der Waals surface area contributed by atoms with Gasteiger partial charge in [-0.2, -0.15) is 0 Å². The minimum Gasteiger partial charge on any atom is -0.364 e. The molecule has 0 atom stereocenters. The van der Waals surface area contributed by atoms with E-state index >= 15 is 0 Å². The molecule has 56 valence electrons. The maximum atomic E-state index is 10.5. The Morgan fingerprint density at radius 1 is 1.91 bits per heavy atom. The third-order valence-corrected chi connectivity index (χ3v) is 1.95. The van der Waals surface area contributed by atoms with Crippen molar-refractivity contribution in [2.24, 2.45) is 5.73 Å². The van der Waals surface area contributed by atoms with Crippen LogP contribution in [-0.2, 0) is 6.42 Å². The van der Waals surface area contributed by atoms with Crippen molar-refractivity contribution in [2.45, 2.75) is 6.42 Å². The van der Waals surface area contributed by atoms with Gasteiger partial charge in [0, 0.05) is 5.38 Å². The Kier molecular flexibility index (Phi) is 2.24. The highest BCUT2D eigenvalue weighted by Crippen LogP contribution is 2.08. The molecule has 1 amide bonds. The Balaban J connectivity index is 2.83. The molecular weight excluding hydrogens is 160 g/mol. The number of aromatic nitrogens is 1. The van der Waals surface area contributed by atoms with Gasteiger partial charge >= 0.3 is 0 Å². The Labute approximate surface area is 68.3 Å². The van der Waals surface area contributed by atoms with Crippen LogP contribution < -0.4 is 5.73 Å². The summed E-state index contributed by atoms with van der Waals surface area (Å²) in [5.74, 6) is 1.93. The van der Waals surface area contributed by atoms with Crippen LogP contribution in [0.4, 0.5) is 0 Å². The monoisotopic (exact) mass is 166 g/mol. The number of primary amides is 1.